The smallest absolute Gasteiger partial charge is 0.0601 e. The molecule has 2 aliphatic carbocycles. The second kappa shape index (κ2) is 12.7. The van der Waals surface area contributed by atoms with Crippen molar-refractivity contribution in [1.29, 1.82) is 0 Å². The molecule has 0 aromatic heterocycles. The summed E-state index contributed by atoms with van der Waals surface area (Å²) in [5, 5.41) is 4.94. The van der Waals surface area contributed by atoms with Gasteiger partial charge in [-0.3, -0.25) is 0 Å². The topological polar surface area (TPSA) is 3.24 Å². The zero-order chi connectivity index (χ0) is 35.5. The number of rotatable bonds is 6. The van der Waals surface area contributed by atoms with Crippen LogP contribution in [0.1, 0.15) is 47.9 Å². The van der Waals surface area contributed by atoms with Gasteiger partial charge in [-0.05, 0) is 115 Å². The van der Waals surface area contributed by atoms with Gasteiger partial charge in [0.25, 0.3) is 0 Å². The lowest BCUT2D eigenvalue weighted by Crippen LogP contribution is -2.20. The zero-order valence-corrected chi connectivity index (χ0v) is 30.5. The molecule has 7 aromatic rings. The number of benzene rings is 7. The third kappa shape index (κ3) is 5.08. The van der Waals surface area contributed by atoms with Gasteiger partial charge in [0, 0.05) is 20.9 Å². The van der Waals surface area contributed by atoms with Crippen molar-refractivity contribution in [3.63, 3.8) is 0 Å². The lowest BCUT2D eigenvalue weighted by molar-refractivity contribution is 0.550. The summed E-state index contributed by atoms with van der Waals surface area (Å²) in [7, 11) is 0. The van der Waals surface area contributed by atoms with Crippen LogP contribution in [0.5, 0.6) is 0 Å². The van der Waals surface area contributed by atoms with Gasteiger partial charge in [-0.2, -0.15) is 0 Å². The van der Waals surface area contributed by atoms with E-state index in [2.05, 4.69) is 170 Å². The molecule has 0 radical (unpaired) electrons. The fourth-order valence-corrected chi connectivity index (χ4v) is 10.3. The summed E-state index contributed by atoms with van der Waals surface area (Å²) in [5.41, 5.74) is 14.4. The van der Waals surface area contributed by atoms with Crippen molar-refractivity contribution in [2.45, 2.75) is 36.0 Å². The average Bonchev–Trinajstić information content (AvgIpc) is 3.82. The molecule has 1 spiro atoms. The van der Waals surface area contributed by atoms with E-state index in [9.17, 15) is 0 Å². The van der Waals surface area contributed by atoms with Crippen LogP contribution >= 0.6 is 11.8 Å². The first kappa shape index (κ1) is 31.9. The molecule has 53 heavy (non-hydrogen) atoms. The Morgan fingerprint density at radius 2 is 1.32 bits per heavy atom. The molecule has 1 heterocycles. The van der Waals surface area contributed by atoms with Crippen molar-refractivity contribution in [2.75, 3.05) is 4.90 Å². The summed E-state index contributed by atoms with van der Waals surface area (Å²) in [6.07, 6.45) is 13.6. The van der Waals surface area contributed by atoms with Gasteiger partial charge in [-0.15, -0.1) is 0 Å². The van der Waals surface area contributed by atoms with Crippen LogP contribution in [0.15, 0.2) is 180 Å². The van der Waals surface area contributed by atoms with Gasteiger partial charge in [-0.1, -0.05) is 165 Å². The Morgan fingerprint density at radius 3 is 2.19 bits per heavy atom. The minimum Gasteiger partial charge on any atom is -0.308 e. The van der Waals surface area contributed by atoms with E-state index < -0.39 is 0 Å². The molecule has 1 fully saturated rings. The first-order valence-corrected chi connectivity index (χ1v) is 19.5. The Balaban J connectivity index is 0.989. The quantitative estimate of drug-likeness (QED) is 0.159. The molecular formula is C51H39NS. The minimum atomic E-state index is 0.185. The zero-order valence-electron chi connectivity index (χ0n) is 29.7. The van der Waals surface area contributed by atoms with Gasteiger partial charge in [0.2, 0.25) is 0 Å². The molecule has 0 bridgehead atoms. The van der Waals surface area contributed by atoms with Crippen LogP contribution in [0.2, 0.25) is 0 Å². The number of anilines is 2. The van der Waals surface area contributed by atoms with E-state index in [1.807, 2.05) is 12.2 Å². The highest BCUT2D eigenvalue weighted by atomic mass is 32.2. The fraction of sp³-hybridized carbons (Fsp3) is 0.0980. The molecule has 0 amide bonds. The molecule has 1 aliphatic heterocycles. The second-order valence-corrected chi connectivity index (χ2v) is 15.6. The summed E-state index contributed by atoms with van der Waals surface area (Å²) in [6, 6.07) is 51.8. The summed E-state index contributed by atoms with van der Waals surface area (Å²) in [6.45, 7) is 8.26. The third-order valence-electron chi connectivity index (χ3n) is 11.8. The monoisotopic (exact) mass is 697 g/mol. The Hall–Kier alpha value is -5.83. The molecular weight excluding hydrogens is 659 g/mol. The van der Waals surface area contributed by atoms with E-state index in [4.69, 9.17) is 0 Å². The van der Waals surface area contributed by atoms with Crippen molar-refractivity contribution in [2.24, 2.45) is 0 Å². The van der Waals surface area contributed by atoms with E-state index >= 15 is 0 Å². The molecule has 1 saturated carbocycles. The molecule has 254 valence electrons. The van der Waals surface area contributed by atoms with Crippen LogP contribution in [0.4, 0.5) is 11.4 Å². The SMILES string of the molecule is C=CC1=C(C=C)N(c2ccc3cc(-c4ccc(/C=C/c5ccc6c(c5)C5(CCCC5)c5ccccc5-6)c5ccccc45)ccc3c2)c2ccccc2S1. The first-order chi connectivity index (χ1) is 26.1. The Labute approximate surface area is 316 Å². The Kier molecular flexibility index (Phi) is 7.63. The van der Waals surface area contributed by atoms with Crippen LogP contribution in [-0.4, -0.2) is 0 Å². The number of para-hydroxylation sites is 1. The van der Waals surface area contributed by atoms with Crippen molar-refractivity contribution >= 4 is 56.8 Å². The molecule has 3 aliphatic rings. The molecule has 0 unspecified atom stereocenters. The number of fused-ring (bicyclic) bond motifs is 8. The lowest BCUT2D eigenvalue weighted by Gasteiger charge is -2.33. The average molecular weight is 698 g/mol. The van der Waals surface area contributed by atoms with Crippen LogP contribution in [0.25, 0.3) is 56.0 Å². The Morgan fingerprint density at radius 1 is 0.585 bits per heavy atom. The highest BCUT2D eigenvalue weighted by Gasteiger charge is 2.44. The van der Waals surface area contributed by atoms with E-state index in [1.165, 1.54) is 96.6 Å². The molecule has 0 N–H and O–H groups in total. The Bertz CT molecular complexity index is 2700. The van der Waals surface area contributed by atoms with Crippen LogP contribution in [0, 0.1) is 0 Å². The van der Waals surface area contributed by atoms with Crippen molar-refractivity contribution in [1.82, 2.24) is 0 Å². The molecule has 7 aromatic carbocycles. The summed E-state index contributed by atoms with van der Waals surface area (Å²) in [4.78, 5) is 4.62. The van der Waals surface area contributed by atoms with Crippen LogP contribution in [-0.2, 0) is 5.41 Å². The van der Waals surface area contributed by atoms with Gasteiger partial charge < -0.3 is 4.90 Å². The highest BCUT2D eigenvalue weighted by molar-refractivity contribution is 8.03. The largest absolute Gasteiger partial charge is 0.308 e. The molecule has 0 saturated heterocycles. The predicted octanol–water partition coefficient (Wildman–Crippen LogP) is 14.5. The van der Waals surface area contributed by atoms with E-state index in [0.29, 0.717) is 0 Å². The number of hydrogen-bond acceptors (Lipinski definition) is 2. The third-order valence-corrected chi connectivity index (χ3v) is 12.9. The predicted molar refractivity (Wildman–Crippen MR) is 229 cm³/mol. The second-order valence-electron chi connectivity index (χ2n) is 14.5. The lowest BCUT2D eigenvalue weighted by atomic mass is 9.76. The fourth-order valence-electron chi connectivity index (χ4n) is 9.29. The number of hydrogen-bond donors (Lipinski definition) is 0. The van der Waals surface area contributed by atoms with E-state index in [-0.39, 0.29) is 5.41 Å². The van der Waals surface area contributed by atoms with Gasteiger partial charge in [0.05, 0.1) is 11.4 Å². The van der Waals surface area contributed by atoms with E-state index in [0.717, 1.165) is 22.0 Å². The van der Waals surface area contributed by atoms with Crippen molar-refractivity contribution in [3.8, 4) is 22.3 Å². The molecule has 0 atom stereocenters. The highest BCUT2D eigenvalue weighted by Crippen LogP contribution is 2.57. The van der Waals surface area contributed by atoms with Crippen LogP contribution in [0.3, 0.4) is 0 Å². The standard InChI is InChI=1S/C51H39NS/c1-3-47-49(4-2)53-50-18-10-9-17-48(50)52(47)39-26-24-36-32-38(23-22-37(36)33-39)41-28-25-35(40-13-5-6-14-42(40)41)21-19-34-20-27-44-43-15-7-8-16-45(43)51(46(44)31-34)29-11-12-30-51/h3-10,13-28,31-33H,1-2,11-12,29-30H2/b21-19+. The maximum atomic E-state index is 4.16. The maximum absolute atomic E-state index is 4.16. The number of nitrogens with zero attached hydrogens (tertiary/aromatic N) is 1. The summed E-state index contributed by atoms with van der Waals surface area (Å²) >= 11 is 1.74. The summed E-state index contributed by atoms with van der Waals surface area (Å²) in [5.74, 6) is 0. The van der Waals surface area contributed by atoms with E-state index in [1.54, 1.807) is 11.8 Å². The first-order valence-electron chi connectivity index (χ1n) is 18.7. The van der Waals surface area contributed by atoms with Gasteiger partial charge in [0.15, 0.2) is 0 Å². The molecule has 10 rings (SSSR count). The summed E-state index contributed by atoms with van der Waals surface area (Å²) < 4.78 is 0. The van der Waals surface area contributed by atoms with Gasteiger partial charge in [-0.25, -0.2) is 0 Å². The van der Waals surface area contributed by atoms with Crippen LogP contribution < -0.4 is 4.90 Å². The number of thioether (sulfide) groups is 1. The molecule has 1 nitrogen and oxygen atoms in total. The van der Waals surface area contributed by atoms with Gasteiger partial charge in [0.1, 0.15) is 0 Å². The van der Waals surface area contributed by atoms with Crippen molar-refractivity contribution < 1.29 is 0 Å². The van der Waals surface area contributed by atoms with Gasteiger partial charge >= 0.3 is 0 Å². The minimum absolute atomic E-state index is 0.185. The maximum Gasteiger partial charge on any atom is 0.0601 e. The van der Waals surface area contributed by atoms with Crippen molar-refractivity contribution in [3.05, 3.63) is 198 Å². The molecule has 2 heteroatoms. The normalized spacial score (nSPS) is 15.7. The number of allylic oxidation sites excluding steroid dienone is 2.